The first kappa shape index (κ1) is 14.5. The first-order valence-corrected chi connectivity index (χ1v) is 7.85. The molecule has 0 aliphatic heterocycles. The fourth-order valence-corrected chi connectivity index (χ4v) is 3.61. The van der Waals surface area contributed by atoms with Gasteiger partial charge in [0, 0.05) is 24.9 Å². The molecule has 1 saturated carbocycles. The Morgan fingerprint density at radius 1 is 1.19 bits per heavy atom. The summed E-state index contributed by atoms with van der Waals surface area (Å²) in [5.74, 6) is 0.450. The van der Waals surface area contributed by atoms with Crippen LogP contribution in [0.5, 0.6) is 0 Å². The van der Waals surface area contributed by atoms with Gasteiger partial charge < -0.3 is 9.84 Å². The second-order valence-corrected chi connectivity index (χ2v) is 5.99. The zero-order valence-electron chi connectivity index (χ0n) is 12.5. The molecule has 21 heavy (non-hydrogen) atoms. The molecule has 1 aliphatic rings. The van der Waals surface area contributed by atoms with Gasteiger partial charge in [-0.25, -0.2) is 0 Å². The van der Waals surface area contributed by atoms with Crippen molar-refractivity contribution in [2.75, 3.05) is 7.11 Å². The monoisotopic (exact) mass is 285 g/mol. The molecule has 112 valence electrons. The quantitative estimate of drug-likeness (QED) is 0.927. The summed E-state index contributed by atoms with van der Waals surface area (Å²) in [6.45, 7) is 0. The van der Waals surface area contributed by atoms with Crippen molar-refractivity contribution in [3.8, 4) is 0 Å². The summed E-state index contributed by atoms with van der Waals surface area (Å²) in [7, 11) is 1.71. The lowest BCUT2D eigenvalue weighted by molar-refractivity contribution is -0.0553. The number of pyridine rings is 1. The second kappa shape index (κ2) is 6.54. The predicted molar refractivity (Wildman–Crippen MR) is 84.1 cm³/mol. The molecule has 1 aliphatic carbocycles. The van der Waals surface area contributed by atoms with Gasteiger partial charge in [-0.15, -0.1) is 0 Å². The first-order chi connectivity index (χ1) is 10.3. The lowest BCUT2D eigenvalue weighted by atomic mass is 9.81. The highest BCUT2D eigenvalue weighted by atomic mass is 16.5. The van der Waals surface area contributed by atoms with E-state index < -0.39 is 6.10 Å². The van der Waals surface area contributed by atoms with Crippen LogP contribution in [0.3, 0.4) is 0 Å². The maximum absolute atomic E-state index is 10.9. The van der Waals surface area contributed by atoms with E-state index in [1.807, 2.05) is 24.4 Å². The fourth-order valence-electron chi connectivity index (χ4n) is 3.61. The van der Waals surface area contributed by atoms with E-state index in [1.165, 1.54) is 19.3 Å². The molecular formula is C18H23NO2. The van der Waals surface area contributed by atoms with Gasteiger partial charge in [0.25, 0.3) is 0 Å². The number of fused-ring (bicyclic) bond motifs is 1. The van der Waals surface area contributed by atoms with Crippen molar-refractivity contribution >= 4 is 10.8 Å². The molecule has 2 atom stereocenters. The second-order valence-electron chi connectivity index (χ2n) is 5.99. The highest BCUT2D eigenvalue weighted by molar-refractivity contribution is 5.85. The van der Waals surface area contributed by atoms with Crippen molar-refractivity contribution < 1.29 is 9.84 Å². The number of ether oxygens (including phenoxy) is 1. The number of rotatable bonds is 4. The van der Waals surface area contributed by atoms with Gasteiger partial charge in [-0.3, -0.25) is 4.98 Å². The summed E-state index contributed by atoms with van der Waals surface area (Å²) in [5.41, 5.74) is 0.929. The average molecular weight is 285 g/mol. The van der Waals surface area contributed by atoms with Crippen molar-refractivity contribution in [2.24, 2.45) is 5.92 Å². The molecule has 1 fully saturated rings. The molecule has 1 heterocycles. The number of aromatic nitrogens is 1. The van der Waals surface area contributed by atoms with E-state index in [-0.39, 0.29) is 6.10 Å². The summed E-state index contributed by atoms with van der Waals surface area (Å²) in [4.78, 5) is 4.20. The number of aliphatic hydroxyl groups excluding tert-OH is 1. The van der Waals surface area contributed by atoms with E-state index in [1.54, 1.807) is 13.3 Å². The van der Waals surface area contributed by atoms with Crippen LogP contribution >= 0.6 is 0 Å². The highest BCUT2D eigenvalue weighted by Crippen LogP contribution is 2.35. The molecule has 2 unspecified atom stereocenters. The van der Waals surface area contributed by atoms with Gasteiger partial charge in [0.2, 0.25) is 0 Å². The van der Waals surface area contributed by atoms with E-state index >= 15 is 0 Å². The average Bonchev–Trinajstić information content (AvgIpc) is 2.56. The normalized spacial score (nSPS) is 19.5. The van der Waals surface area contributed by atoms with Crippen LogP contribution in [0.4, 0.5) is 0 Å². The SMILES string of the molecule is COC(C1CCCCC1)C(O)c1cccc2ccncc12. The number of nitrogens with zero attached hydrogens (tertiary/aromatic N) is 1. The van der Waals surface area contributed by atoms with Crippen LogP contribution in [0.15, 0.2) is 36.7 Å². The topological polar surface area (TPSA) is 42.4 Å². The number of methoxy groups -OCH3 is 1. The van der Waals surface area contributed by atoms with E-state index in [4.69, 9.17) is 4.74 Å². The van der Waals surface area contributed by atoms with E-state index in [2.05, 4.69) is 11.1 Å². The molecule has 1 aromatic carbocycles. The van der Waals surface area contributed by atoms with Crippen LogP contribution in [0.2, 0.25) is 0 Å². The number of hydrogen-bond donors (Lipinski definition) is 1. The van der Waals surface area contributed by atoms with Crippen LogP contribution in [0.1, 0.15) is 43.8 Å². The van der Waals surface area contributed by atoms with Crippen molar-refractivity contribution in [3.05, 3.63) is 42.2 Å². The molecule has 0 amide bonds. The third kappa shape index (κ3) is 2.94. The predicted octanol–water partition coefficient (Wildman–Crippen LogP) is 3.86. The van der Waals surface area contributed by atoms with Crippen LogP contribution in [-0.4, -0.2) is 23.3 Å². The van der Waals surface area contributed by atoms with Crippen LogP contribution in [0.25, 0.3) is 10.8 Å². The number of hydrogen-bond acceptors (Lipinski definition) is 3. The lowest BCUT2D eigenvalue weighted by Gasteiger charge is -2.33. The van der Waals surface area contributed by atoms with E-state index in [0.29, 0.717) is 5.92 Å². The molecule has 0 saturated heterocycles. The molecule has 3 rings (SSSR count). The maximum Gasteiger partial charge on any atom is 0.106 e. The Morgan fingerprint density at radius 2 is 2.00 bits per heavy atom. The van der Waals surface area contributed by atoms with Gasteiger partial charge in [0.05, 0.1) is 6.10 Å². The highest BCUT2D eigenvalue weighted by Gasteiger charge is 2.31. The molecule has 2 aromatic rings. The van der Waals surface area contributed by atoms with Crippen LogP contribution in [0, 0.1) is 5.92 Å². The largest absolute Gasteiger partial charge is 0.386 e. The van der Waals surface area contributed by atoms with Gasteiger partial charge in [0.1, 0.15) is 6.10 Å². The zero-order valence-corrected chi connectivity index (χ0v) is 12.5. The molecule has 0 bridgehead atoms. The Kier molecular flexibility index (Phi) is 4.51. The van der Waals surface area contributed by atoms with Crippen LogP contribution < -0.4 is 0 Å². The lowest BCUT2D eigenvalue weighted by Crippen LogP contribution is -2.31. The fraction of sp³-hybridized carbons (Fsp3) is 0.500. The van der Waals surface area contributed by atoms with Gasteiger partial charge in [-0.1, -0.05) is 37.5 Å². The Balaban J connectivity index is 1.92. The van der Waals surface area contributed by atoms with Gasteiger partial charge in [-0.2, -0.15) is 0 Å². The number of aliphatic hydroxyl groups is 1. The van der Waals surface area contributed by atoms with Crippen molar-refractivity contribution in [1.29, 1.82) is 0 Å². The van der Waals surface area contributed by atoms with Gasteiger partial charge in [-0.05, 0) is 35.8 Å². The van der Waals surface area contributed by atoms with Gasteiger partial charge >= 0.3 is 0 Å². The molecule has 3 heteroatoms. The molecule has 0 radical (unpaired) electrons. The summed E-state index contributed by atoms with van der Waals surface area (Å²) >= 11 is 0. The summed E-state index contributed by atoms with van der Waals surface area (Å²) in [6.07, 6.45) is 9.00. The minimum atomic E-state index is -0.592. The molecular weight excluding hydrogens is 262 g/mol. The Morgan fingerprint density at radius 3 is 2.76 bits per heavy atom. The molecule has 0 spiro atoms. The van der Waals surface area contributed by atoms with Crippen molar-refractivity contribution in [3.63, 3.8) is 0 Å². The van der Waals surface area contributed by atoms with E-state index in [0.717, 1.165) is 29.2 Å². The van der Waals surface area contributed by atoms with Crippen molar-refractivity contribution in [2.45, 2.75) is 44.3 Å². The Labute approximate surface area is 126 Å². The minimum absolute atomic E-state index is 0.129. The standard InChI is InChI=1S/C18H23NO2/c1-21-18(14-6-3-2-4-7-14)17(20)15-9-5-8-13-10-11-19-12-16(13)15/h5,8-12,14,17-18,20H,2-4,6-7H2,1H3. The molecule has 1 N–H and O–H groups in total. The Hall–Kier alpha value is -1.45. The summed E-state index contributed by atoms with van der Waals surface area (Å²) in [5, 5.41) is 13.0. The van der Waals surface area contributed by atoms with Crippen molar-refractivity contribution in [1.82, 2.24) is 4.98 Å². The van der Waals surface area contributed by atoms with Gasteiger partial charge in [0.15, 0.2) is 0 Å². The minimum Gasteiger partial charge on any atom is -0.386 e. The number of benzene rings is 1. The summed E-state index contributed by atoms with van der Waals surface area (Å²) < 4.78 is 5.68. The first-order valence-electron chi connectivity index (χ1n) is 7.85. The summed E-state index contributed by atoms with van der Waals surface area (Å²) in [6, 6.07) is 8.02. The Bertz CT molecular complexity index is 587. The van der Waals surface area contributed by atoms with E-state index in [9.17, 15) is 5.11 Å². The van der Waals surface area contributed by atoms with Crippen LogP contribution in [-0.2, 0) is 4.74 Å². The third-order valence-corrected chi connectivity index (χ3v) is 4.73. The zero-order chi connectivity index (χ0) is 14.7. The maximum atomic E-state index is 10.9. The molecule has 3 nitrogen and oxygen atoms in total. The third-order valence-electron chi connectivity index (χ3n) is 4.73. The molecule has 1 aromatic heterocycles. The smallest absolute Gasteiger partial charge is 0.106 e.